The third-order valence-corrected chi connectivity index (χ3v) is 3.99. The van der Waals surface area contributed by atoms with Gasteiger partial charge in [-0.1, -0.05) is 42.5 Å². The van der Waals surface area contributed by atoms with Crippen molar-refractivity contribution in [2.75, 3.05) is 0 Å². The summed E-state index contributed by atoms with van der Waals surface area (Å²) in [4.78, 5) is 24.8. The standard InChI is InChI=1S/C24H22O5/c1-17(2)28-23(25)21-10-6-7-11-22(21)24(26)29-20-14-12-19(13-15-20)27-16-18-8-4-3-5-9-18/h3-15,17H,16H2,1-2H3. The molecule has 5 nitrogen and oxygen atoms in total. The summed E-state index contributed by atoms with van der Waals surface area (Å²) in [6.45, 7) is 3.95. The zero-order valence-electron chi connectivity index (χ0n) is 16.3. The number of benzene rings is 3. The maximum absolute atomic E-state index is 12.6. The van der Waals surface area contributed by atoms with E-state index in [2.05, 4.69) is 0 Å². The summed E-state index contributed by atoms with van der Waals surface area (Å²) < 4.78 is 16.3. The highest BCUT2D eigenvalue weighted by Crippen LogP contribution is 2.21. The highest BCUT2D eigenvalue weighted by atomic mass is 16.5. The molecule has 3 aromatic rings. The molecular formula is C24H22O5. The number of hydrogen-bond donors (Lipinski definition) is 0. The molecule has 0 aliphatic heterocycles. The number of rotatable bonds is 7. The molecule has 3 aromatic carbocycles. The molecule has 29 heavy (non-hydrogen) atoms. The Morgan fingerprint density at radius 2 is 1.28 bits per heavy atom. The van der Waals surface area contributed by atoms with Crippen LogP contribution in [0.3, 0.4) is 0 Å². The van der Waals surface area contributed by atoms with Gasteiger partial charge in [-0.3, -0.25) is 0 Å². The lowest BCUT2D eigenvalue weighted by Crippen LogP contribution is -2.18. The van der Waals surface area contributed by atoms with E-state index in [1.54, 1.807) is 56.3 Å². The average molecular weight is 390 g/mol. The van der Waals surface area contributed by atoms with E-state index in [4.69, 9.17) is 14.2 Å². The van der Waals surface area contributed by atoms with Gasteiger partial charge in [0.25, 0.3) is 0 Å². The predicted molar refractivity (Wildman–Crippen MR) is 109 cm³/mol. The van der Waals surface area contributed by atoms with Crippen LogP contribution in [-0.4, -0.2) is 18.0 Å². The van der Waals surface area contributed by atoms with Crippen LogP contribution in [0.15, 0.2) is 78.9 Å². The van der Waals surface area contributed by atoms with Crippen molar-refractivity contribution in [1.82, 2.24) is 0 Å². The third-order valence-electron chi connectivity index (χ3n) is 3.99. The Bertz CT molecular complexity index is 962. The van der Waals surface area contributed by atoms with Gasteiger partial charge in [0.2, 0.25) is 0 Å². The van der Waals surface area contributed by atoms with Crippen LogP contribution in [0.5, 0.6) is 11.5 Å². The molecule has 3 rings (SSSR count). The van der Waals surface area contributed by atoms with Crippen molar-refractivity contribution >= 4 is 11.9 Å². The molecular weight excluding hydrogens is 368 g/mol. The lowest BCUT2D eigenvalue weighted by molar-refractivity contribution is 0.0372. The number of carbonyl (C=O) groups excluding carboxylic acids is 2. The highest BCUT2D eigenvalue weighted by Gasteiger charge is 2.20. The van der Waals surface area contributed by atoms with Gasteiger partial charge in [0.1, 0.15) is 18.1 Å². The van der Waals surface area contributed by atoms with E-state index in [0.717, 1.165) is 5.56 Å². The third kappa shape index (κ3) is 5.69. The van der Waals surface area contributed by atoms with Crippen molar-refractivity contribution in [1.29, 1.82) is 0 Å². The van der Waals surface area contributed by atoms with E-state index in [-0.39, 0.29) is 17.2 Å². The van der Waals surface area contributed by atoms with E-state index < -0.39 is 11.9 Å². The van der Waals surface area contributed by atoms with Gasteiger partial charge in [0.05, 0.1) is 17.2 Å². The Morgan fingerprint density at radius 3 is 1.90 bits per heavy atom. The van der Waals surface area contributed by atoms with Crippen molar-refractivity contribution < 1.29 is 23.8 Å². The maximum atomic E-state index is 12.6. The van der Waals surface area contributed by atoms with Gasteiger partial charge >= 0.3 is 11.9 Å². The van der Waals surface area contributed by atoms with Crippen molar-refractivity contribution in [3.63, 3.8) is 0 Å². The van der Waals surface area contributed by atoms with E-state index in [9.17, 15) is 9.59 Å². The minimum atomic E-state index is -0.626. The van der Waals surface area contributed by atoms with Crippen LogP contribution in [-0.2, 0) is 11.3 Å². The highest BCUT2D eigenvalue weighted by molar-refractivity contribution is 6.03. The molecule has 0 saturated heterocycles. The molecule has 0 amide bonds. The first kappa shape index (κ1) is 20.1. The molecule has 0 bridgehead atoms. The molecule has 0 saturated carbocycles. The second kappa shape index (κ2) is 9.55. The van der Waals surface area contributed by atoms with Crippen LogP contribution in [0.25, 0.3) is 0 Å². The molecule has 0 unspecified atom stereocenters. The van der Waals surface area contributed by atoms with E-state index in [0.29, 0.717) is 18.1 Å². The zero-order valence-corrected chi connectivity index (χ0v) is 16.3. The average Bonchev–Trinajstić information content (AvgIpc) is 2.73. The summed E-state index contributed by atoms with van der Waals surface area (Å²) in [5.41, 5.74) is 1.39. The Morgan fingerprint density at radius 1 is 0.724 bits per heavy atom. The Labute approximate surface area is 169 Å². The number of hydrogen-bond acceptors (Lipinski definition) is 5. The Hall–Kier alpha value is -3.60. The molecule has 5 heteroatoms. The van der Waals surface area contributed by atoms with Gasteiger partial charge in [0, 0.05) is 0 Å². The molecule has 0 aliphatic rings. The minimum Gasteiger partial charge on any atom is -0.489 e. The van der Waals surface area contributed by atoms with Gasteiger partial charge in [-0.2, -0.15) is 0 Å². The van der Waals surface area contributed by atoms with Gasteiger partial charge in [-0.05, 0) is 55.8 Å². The maximum Gasteiger partial charge on any atom is 0.344 e. The molecule has 0 fully saturated rings. The summed E-state index contributed by atoms with van der Waals surface area (Å²) in [6.07, 6.45) is -0.282. The summed E-state index contributed by atoms with van der Waals surface area (Å²) in [6, 6.07) is 23.0. The molecule has 0 spiro atoms. The van der Waals surface area contributed by atoms with E-state index in [1.807, 2.05) is 30.3 Å². The van der Waals surface area contributed by atoms with Crippen LogP contribution in [0.1, 0.15) is 40.1 Å². The quantitative estimate of drug-likeness (QED) is 0.417. The zero-order chi connectivity index (χ0) is 20.6. The Kier molecular flexibility index (Phi) is 6.63. The van der Waals surface area contributed by atoms with E-state index in [1.165, 1.54) is 6.07 Å². The van der Waals surface area contributed by atoms with Crippen LogP contribution in [0.2, 0.25) is 0 Å². The summed E-state index contributed by atoms with van der Waals surface area (Å²) in [5.74, 6) is -0.167. The first-order valence-electron chi connectivity index (χ1n) is 9.32. The van der Waals surface area contributed by atoms with Gasteiger partial charge in [-0.25, -0.2) is 9.59 Å². The van der Waals surface area contributed by atoms with E-state index >= 15 is 0 Å². The van der Waals surface area contributed by atoms with Crippen molar-refractivity contribution in [3.8, 4) is 11.5 Å². The fourth-order valence-electron chi connectivity index (χ4n) is 2.62. The summed E-state index contributed by atoms with van der Waals surface area (Å²) in [7, 11) is 0. The first-order chi connectivity index (χ1) is 14.0. The molecule has 0 N–H and O–H groups in total. The van der Waals surface area contributed by atoms with Crippen LogP contribution >= 0.6 is 0 Å². The number of carbonyl (C=O) groups is 2. The van der Waals surface area contributed by atoms with Crippen molar-refractivity contribution in [2.45, 2.75) is 26.6 Å². The monoisotopic (exact) mass is 390 g/mol. The lowest BCUT2D eigenvalue weighted by atomic mass is 10.1. The van der Waals surface area contributed by atoms with Crippen LogP contribution in [0, 0.1) is 0 Å². The lowest BCUT2D eigenvalue weighted by Gasteiger charge is -2.12. The molecule has 0 heterocycles. The minimum absolute atomic E-state index is 0.155. The molecule has 148 valence electrons. The van der Waals surface area contributed by atoms with Gasteiger partial charge in [-0.15, -0.1) is 0 Å². The predicted octanol–water partition coefficient (Wildman–Crippen LogP) is 5.05. The molecule has 0 radical (unpaired) electrons. The largest absolute Gasteiger partial charge is 0.489 e. The molecule has 0 aliphatic carbocycles. The smallest absolute Gasteiger partial charge is 0.344 e. The van der Waals surface area contributed by atoms with Gasteiger partial charge in [0.15, 0.2) is 0 Å². The molecule has 0 atom stereocenters. The van der Waals surface area contributed by atoms with Crippen molar-refractivity contribution in [2.24, 2.45) is 0 Å². The van der Waals surface area contributed by atoms with Crippen LogP contribution < -0.4 is 9.47 Å². The topological polar surface area (TPSA) is 61.8 Å². The fraction of sp³-hybridized carbons (Fsp3) is 0.167. The first-order valence-corrected chi connectivity index (χ1v) is 9.32. The Balaban J connectivity index is 1.64. The number of ether oxygens (including phenoxy) is 3. The number of esters is 2. The summed E-state index contributed by atoms with van der Waals surface area (Å²) in [5, 5.41) is 0. The summed E-state index contributed by atoms with van der Waals surface area (Å²) >= 11 is 0. The van der Waals surface area contributed by atoms with Crippen LogP contribution in [0.4, 0.5) is 0 Å². The van der Waals surface area contributed by atoms with Gasteiger partial charge < -0.3 is 14.2 Å². The normalized spacial score (nSPS) is 10.4. The SMILES string of the molecule is CC(C)OC(=O)c1ccccc1C(=O)Oc1ccc(OCc2ccccc2)cc1. The fourth-order valence-corrected chi connectivity index (χ4v) is 2.62. The second-order valence-electron chi connectivity index (χ2n) is 6.63. The van der Waals surface area contributed by atoms with Crippen molar-refractivity contribution in [3.05, 3.63) is 95.6 Å². The molecule has 0 aromatic heterocycles. The second-order valence-corrected chi connectivity index (χ2v) is 6.63.